The van der Waals surface area contributed by atoms with Crippen molar-refractivity contribution in [2.45, 2.75) is 13.8 Å². The molecule has 0 bridgehead atoms. The van der Waals surface area contributed by atoms with Crippen LogP contribution in [0.3, 0.4) is 0 Å². The lowest BCUT2D eigenvalue weighted by molar-refractivity contribution is 1.11. The van der Waals surface area contributed by atoms with E-state index in [9.17, 15) is 0 Å². The smallest absolute Gasteiger partial charge is 0.0765 e. The molecule has 0 atom stereocenters. The molecule has 0 aliphatic carbocycles. The lowest BCUT2D eigenvalue weighted by Crippen LogP contribution is -2.11. The monoisotopic (exact) mass is 202 g/mol. The van der Waals surface area contributed by atoms with Crippen LogP contribution in [0.2, 0.25) is 0 Å². The molecule has 0 unspecified atom stereocenters. The standard InChI is InChI=1S/C13H18N2/c1-5-6-9-14-12-8-7-11(2)13(10-12)15(3)4/h7-8,10,14H,9H2,1-4H3. The van der Waals surface area contributed by atoms with Gasteiger partial charge in [0.25, 0.3) is 0 Å². The van der Waals surface area contributed by atoms with E-state index in [1.54, 1.807) is 0 Å². The van der Waals surface area contributed by atoms with Gasteiger partial charge in [-0.1, -0.05) is 12.0 Å². The Balaban J connectivity index is 2.81. The molecule has 0 fully saturated rings. The predicted molar refractivity (Wildman–Crippen MR) is 67.4 cm³/mol. The Morgan fingerprint density at radius 3 is 2.67 bits per heavy atom. The third-order valence-corrected chi connectivity index (χ3v) is 2.25. The van der Waals surface area contributed by atoms with Gasteiger partial charge < -0.3 is 10.2 Å². The molecular weight excluding hydrogens is 184 g/mol. The molecule has 15 heavy (non-hydrogen) atoms. The quantitative estimate of drug-likeness (QED) is 0.758. The minimum absolute atomic E-state index is 0.701. The van der Waals surface area contributed by atoms with E-state index in [2.05, 4.69) is 61.3 Å². The minimum atomic E-state index is 0.701. The van der Waals surface area contributed by atoms with Crippen LogP contribution in [0, 0.1) is 18.8 Å². The molecule has 2 nitrogen and oxygen atoms in total. The highest BCUT2D eigenvalue weighted by Gasteiger charge is 2.01. The summed E-state index contributed by atoms with van der Waals surface area (Å²) in [6.45, 7) is 4.67. The van der Waals surface area contributed by atoms with Crippen LogP contribution >= 0.6 is 0 Å². The van der Waals surface area contributed by atoms with Crippen molar-refractivity contribution in [1.82, 2.24) is 0 Å². The van der Waals surface area contributed by atoms with E-state index in [1.807, 2.05) is 6.92 Å². The van der Waals surface area contributed by atoms with Gasteiger partial charge in [-0.2, -0.15) is 0 Å². The van der Waals surface area contributed by atoms with Crippen molar-refractivity contribution in [2.75, 3.05) is 30.9 Å². The molecule has 0 saturated carbocycles. The average Bonchev–Trinajstić information content (AvgIpc) is 2.20. The fourth-order valence-corrected chi connectivity index (χ4v) is 1.44. The normalized spacial score (nSPS) is 9.07. The van der Waals surface area contributed by atoms with Crippen LogP contribution in [0.15, 0.2) is 18.2 Å². The van der Waals surface area contributed by atoms with E-state index >= 15 is 0 Å². The largest absolute Gasteiger partial charge is 0.377 e. The molecule has 1 aromatic carbocycles. The van der Waals surface area contributed by atoms with Crippen molar-refractivity contribution in [3.63, 3.8) is 0 Å². The van der Waals surface area contributed by atoms with Gasteiger partial charge >= 0.3 is 0 Å². The lowest BCUT2D eigenvalue weighted by Gasteiger charge is -2.17. The van der Waals surface area contributed by atoms with Crippen molar-refractivity contribution in [2.24, 2.45) is 0 Å². The molecule has 0 radical (unpaired) electrons. The van der Waals surface area contributed by atoms with Crippen LogP contribution in [0.5, 0.6) is 0 Å². The SMILES string of the molecule is CC#CCNc1ccc(C)c(N(C)C)c1. The zero-order valence-electron chi connectivity index (χ0n) is 9.89. The van der Waals surface area contributed by atoms with E-state index in [0.717, 1.165) is 5.69 Å². The molecule has 0 heterocycles. The first-order valence-corrected chi connectivity index (χ1v) is 5.06. The van der Waals surface area contributed by atoms with E-state index in [-0.39, 0.29) is 0 Å². The van der Waals surface area contributed by atoms with Crippen LogP contribution in [-0.4, -0.2) is 20.6 Å². The summed E-state index contributed by atoms with van der Waals surface area (Å²) in [5, 5.41) is 3.27. The Morgan fingerprint density at radius 1 is 1.33 bits per heavy atom. The van der Waals surface area contributed by atoms with Crippen LogP contribution in [0.1, 0.15) is 12.5 Å². The van der Waals surface area contributed by atoms with E-state index in [4.69, 9.17) is 0 Å². The molecule has 0 spiro atoms. The molecule has 2 heteroatoms. The molecule has 0 amide bonds. The van der Waals surface area contributed by atoms with Crippen LogP contribution in [-0.2, 0) is 0 Å². The number of nitrogens with one attached hydrogen (secondary N) is 1. The van der Waals surface area contributed by atoms with Gasteiger partial charge in [-0.25, -0.2) is 0 Å². The van der Waals surface area contributed by atoms with Crippen molar-refractivity contribution in [1.29, 1.82) is 0 Å². The summed E-state index contributed by atoms with van der Waals surface area (Å²) in [6, 6.07) is 6.35. The first-order chi connectivity index (χ1) is 7.15. The summed E-state index contributed by atoms with van der Waals surface area (Å²) >= 11 is 0. The van der Waals surface area contributed by atoms with Gasteiger partial charge in [0.1, 0.15) is 0 Å². The highest BCUT2D eigenvalue weighted by Crippen LogP contribution is 2.22. The number of benzene rings is 1. The third kappa shape index (κ3) is 3.21. The number of nitrogens with zero attached hydrogens (tertiary/aromatic N) is 1. The van der Waals surface area contributed by atoms with Crippen molar-refractivity contribution in [3.05, 3.63) is 23.8 Å². The van der Waals surface area contributed by atoms with Gasteiger partial charge in [0.05, 0.1) is 6.54 Å². The first-order valence-electron chi connectivity index (χ1n) is 5.06. The van der Waals surface area contributed by atoms with Crippen LogP contribution in [0.4, 0.5) is 11.4 Å². The van der Waals surface area contributed by atoms with Gasteiger partial charge in [-0.15, -0.1) is 5.92 Å². The molecular formula is C13H18N2. The maximum absolute atomic E-state index is 3.27. The minimum Gasteiger partial charge on any atom is -0.377 e. The first kappa shape index (κ1) is 11.5. The Morgan fingerprint density at radius 2 is 2.07 bits per heavy atom. The Hall–Kier alpha value is -1.62. The van der Waals surface area contributed by atoms with Gasteiger partial charge in [0.15, 0.2) is 0 Å². The highest BCUT2D eigenvalue weighted by atomic mass is 15.1. The number of rotatable bonds is 3. The zero-order valence-corrected chi connectivity index (χ0v) is 9.89. The molecule has 0 aromatic heterocycles. The van der Waals surface area contributed by atoms with Crippen LogP contribution in [0.25, 0.3) is 0 Å². The summed E-state index contributed by atoms with van der Waals surface area (Å²) in [4.78, 5) is 2.12. The van der Waals surface area contributed by atoms with Gasteiger partial charge in [0, 0.05) is 25.5 Å². The number of hydrogen-bond donors (Lipinski definition) is 1. The Bertz CT molecular complexity index is 383. The highest BCUT2D eigenvalue weighted by molar-refractivity contribution is 5.62. The fourth-order valence-electron chi connectivity index (χ4n) is 1.44. The van der Waals surface area contributed by atoms with Gasteiger partial charge in [0.2, 0.25) is 0 Å². The molecule has 80 valence electrons. The number of anilines is 2. The van der Waals surface area contributed by atoms with E-state index in [1.165, 1.54) is 11.3 Å². The third-order valence-electron chi connectivity index (χ3n) is 2.25. The second kappa shape index (κ2) is 5.31. The second-order valence-electron chi connectivity index (χ2n) is 3.68. The molecule has 1 rings (SSSR count). The molecule has 0 aliphatic rings. The Kier molecular flexibility index (Phi) is 4.05. The number of aryl methyl sites for hydroxylation is 1. The molecule has 1 aromatic rings. The average molecular weight is 202 g/mol. The predicted octanol–water partition coefficient (Wildman–Crippen LogP) is 2.50. The second-order valence-corrected chi connectivity index (χ2v) is 3.68. The zero-order chi connectivity index (χ0) is 11.3. The summed E-state index contributed by atoms with van der Waals surface area (Å²) in [6.07, 6.45) is 0. The topological polar surface area (TPSA) is 15.3 Å². The number of hydrogen-bond acceptors (Lipinski definition) is 2. The summed E-state index contributed by atoms with van der Waals surface area (Å²) in [5.41, 5.74) is 3.64. The maximum Gasteiger partial charge on any atom is 0.0765 e. The Labute approximate surface area is 92.3 Å². The van der Waals surface area contributed by atoms with Gasteiger partial charge in [-0.3, -0.25) is 0 Å². The summed E-state index contributed by atoms with van der Waals surface area (Å²) in [7, 11) is 4.11. The van der Waals surface area contributed by atoms with E-state index < -0.39 is 0 Å². The molecule has 0 saturated heterocycles. The van der Waals surface area contributed by atoms with Gasteiger partial charge in [-0.05, 0) is 31.5 Å². The van der Waals surface area contributed by atoms with Crippen LogP contribution < -0.4 is 10.2 Å². The fraction of sp³-hybridized carbons (Fsp3) is 0.385. The van der Waals surface area contributed by atoms with Crippen molar-refractivity contribution >= 4 is 11.4 Å². The molecule has 1 N–H and O–H groups in total. The molecule has 0 aliphatic heterocycles. The van der Waals surface area contributed by atoms with Crippen molar-refractivity contribution < 1.29 is 0 Å². The lowest BCUT2D eigenvalue weighted by atomic mass is 10.1. The van der Waals surface area contributed by atoms with Crippen molar-refractivity contribution in [3.8, 4) is 11.8 Å². The summed E-state index contributed by atoms with van der Waals surface area (Å²) < 4.78 is 0. The summed E-state index contributed by atoms with van der Waals surface area (Å²) in [5.74, 6) is 5.85. The van der Waals surface area contributed by atoms with E-state index in [0.29, 0.717) is 6.54 Å². The maximum atomic E-state index is 3.27.